The van der Waals surface area contributed by atoms with E-state index in [9.17, 15) is 8.42 Å². The van der Waals surface area contributed by atoms with Gasteiger partial charge in [0.05, 0.1) is 33.6 Å². The zero-order valence-corrected chi connectivity index (χ0v) is 11.8. The second-order valence-electron chi connectivity index (χ2n) is 4.49. The Kier molecular flexibility index (Phi) is 2.76. The van der Waals surface area contributed by atoms with E-state index < -0.39 is 9.84 Å². The molecule has 7 heteroatoms. The van der Waals surface area contributed by atoms with Crippen LogP contribution in [0.5, 0.6) is 0 Å². The van der Waals surface area contributed by atoms with Crippen molar-refractivity contribution >= 4 is 44.7 Å². The molecular formula is C11H11ClN2O2S2. The molecule has 0 bridgehead atoms. The first kappa shape index (κ1) is 12.2. The van der Waals surface area contributed by atoms with Crippen molar-refractivity contribution in [2.45, 2.75) is 12.5 Å². The fraction of sp³-hybridized carbons (Fsp3) is 0.364. The number of nitrogens with one attached hydrogen (secondary N) is 1. The van der Waals surface area contributed by atoms with Gasteiger partial charge >= 0.3 is 0 Å². The van der Waals surface area contributed by atoms with Crippen LogP contribution in [0.2, 0.25) is 5.02 Å². The number of sulfone groups is 1. The monoisotopic (exact) mass is 302 g/mol. The van der Waals surface area contributed by atoms with Gasteiger partial charge in [0.15, 0.2) is 14.6 Å². The van der Waals surface area contributed by atoms with Gasteiger partial charge in [0.25, 0.3) is 0 Å². The Balaban J connectivity index is 2.24. The number of nitrogens with zero attached hydrogens (tertiary/aromatic N) is 1. The van der Waals surface area contributed by atoms with Crippen LogP contribution in [0.15, 0.2) is 18.2 Å². The van der Waals surface area contributed by atoms with Crippen molar-refractivity contribution in [2.24, 2.45) is 0 Å². The smallest absolute Gasteiger partial charge is 0.178 e. The lowest BCUT2D eigenvalue weighted by atomic mass is 10.2. The molecule has 96 valence electrons. The summed E-state index contributed by atoms with van der Waals surface area (Å²) in [4.78, 5) is 3.07. The highest BCUT2D eigenvalue weighted by Gasteiger charge is 2.30. The van der Waals surface area contributed by atoms with Crippen LogP contribution in [0.3, 0.4) is 0 Å². The van der Waals surface area contributed by atoms with E-state index in [1.807, 2.05) is 16.7 Å². The molecule has 4 nitrogen and oxygen atoms in total. The molecule has 1 unspecified atom stereocenters. The first-order chi connectivity index (χ1) is 8.48. The third-order valence-corrected chi connectivity index (χ3v) is 5.62. The van der Waals surface area contributed by atoms with Crippen LogP contribution in [0.4, 0.5) is 0 Å². The van der Waals surface area contributed by atoms with Crippen LogP contribution in [0.25, 0.3) is 11.0 Å². The summed E-state index contributed by atoms with van der Waals surface area (Å²) in [6.07, 6.45) is 0.592. The molecule has 18 heavy (non-hydrogen) atoms. The predicted molar refractivity (Wildman–Crippen MR) is 74.4 cm³/mol. The Morgan fingerprint density at radius 2 is 2.22 bits per heavy atom. The van der Waals surface area contributed by atoms with Crippen molar-refractivity contribution in [3.8, 4) is 0 Å². The van der Waals surface area contributed by atoms with E-state index in [-0.39, 0.29) is 17.5 Å². The van der Waals surface area contributed by atoms with Crippen LogP contribution in [-0.4, -0.2) is 29.5 Å². The Labute approximate surface area is 114 Å². The normalized spacial score (nSPS) is 22.6. The van der Waals surface area contributed by atoms with Gasteiger partial charge in [-0.05, 0) is 30.8 Å². The van der Waals surface area contributed by atoms with Gasteiger partial charge in [-0.1, -0.05) is 17.7 Å². The van der Waals surface area contributed by atoms with Gasteiger partial charge in [-0.3, -0.25) is 0 Å². The molecule has 2 aromatic rings. The molecule has 2 heterocycles. The van der Waals surface area contributed by atoms with Crippen LogP contribution in [0.1, 0.15) is 12.5 Å². The minimum atomic E-state index is -2.94. The number of para-hydroxylation sites is 1. The highest BCUT2D eigenvalue weighted by atomic mass is 35.5. The molecule has 0 saturated carbocycles. The molecule has 0 radical (unpaired) electrons. The summed E-state index contributed by atoms with van der Waals surface area (Å²) in [5.41, 5.74) is 1.64. The second kappa shape index (κ2) is 4.08. The number of halogens is 1. The highest BCUT2D eigenvalue weighted by Crippen LogP contribution is 2.31. The van der Waals surface area contributed by atoms with Crippen molar-refractivity contribution < 1.29 is 8.42 Å². The standard InChI is InChI=1S/C11H11ClN2O2S2/c12-8-2-1-3-9-10(8)14(11(17)13-9)7-4-5-18(15,16)6-7/h1-3,7H,4-6H2,(H,13,17). The van der Waals surface area contributed by atoms with E-state index in [1.54, 1.807) is 6.07 Å². The SMILES string of the molecule is O=S1(=O)CCC(n2c(=S)[nH]c3cccc(Cl)c32)C1. The maximum Gasteiger partial charge on any atom is 0.178 e. The Hall–Kier alpha value is -0.850. The van der Waals surface area contributed by atoms with Crippen molar-refractivity contribution in [3.63, 3.8) is 0 Å². The molecule has 1 aliphatic rings. The number of fused-ring (bicyclic) bond motifs is 1. The van der Waals surface area contributed by atoms with E-state index >= 15 is 0 Å². The van der Waals surface area contributed by atoms with Crippen LogP contribution in [0, 0.1) is 4.77 Å². The number of H-pyrrole nitrogens is 1. The summed E-state index contributed by atoms with van der Waals surface area (Å²) >= 11 is 11.5. The third-order valence-electron chi connectivity index (χ3n) is 3.26. The topological polar surface area (TPSA) is 54.9 Å². The highest BCUT2D eigenvalue weighted by molar-refractivity contribution is 7.91. The lowest BCUT2D eigenvalue weighted by Crippen LogP contribution is -2.11. The molecule has 0 aliphatic carbocycles. The summed E-state index contributed by atoms with van der Waals surface area (Å²) in [6.45, 7) is 0. The lowest BCUT2D eigenvalue weighted by molar-refractivity contribution is 0.563. The first-order valence-electron chi connectivity index (χ1n) is 5.57. The van der Waals surface area contributed by atoms with Crippen LogP contribution < -0.4 is 0 Å². The molecule has 0 spiro atoms. The number of benzene rings is 1. The maximum atomic E-state index is 11.6. The Morgan fingerprint density at radius 3 is 2.89 bits per heavy atom. The quantitative estimate of drug-likeness (QED) is 0.824. The molecule has 1 N–H and O–H groups in total. The average Bonchev–Trinajstić information content (AvgIpc) is 2.79. The zero-order valence-electron chi connectivity index (χ0n) is 9.39. The summed E-state index contributed by atoms with van der Waals surface area (Å²) in [5.74, 6) is 0.357. The van der Waals surface area contributed by atoms with Crippen LogP contribution in [-0.2, 0) is 9.84 Å². The Bertz CT molecular complexity index is 776. The minimum absolute atomic E-state index is 0.115. The third kappa shape index (κ3) is 1.88. The summed E-state index contributed by atoms with van der Waals surface area (Å²) in [7, 11) is -2.94. The number of hydrogen-bond donors (Lipinski definition) is 1. The summed E-state index contributed by atoms with van der Waals surface area (Å²) < 4.78 is 25.5. The van der Waals surface area contributed by atoms with Gasteiger partial charge in [0, 0.05) is 0 Å². The van der Waals surface area contributed by atoms with Crippen molar-refractivity contribution in [2.75, 3.05) is 11.5 Å². The van der Waals surface area contributed by atoms with Crippen LogP contribution >= 0.6 is 23.8 Å². The summed E-state index contributed by atoms with van der Waals surface area (Å²) in [6, 6.07) is 5.39. The van der Waals surface area contributed by atoms with E-state index in [0.29, 0.717) is 16.2 Å². The van der Waals surface area contributed by atoms with Crippen molar-refractivity contribution in [1.82, 2.24) is 9.55 Å². The molecule has 1 aliphatic heterocycles. The fourth-order valence-corrected chi connectivity index (χ4v) is 4.78. The molecule has 1 fully saturated rings. The van der Waals surface area contributed by atoms with E-state index in [4.69, 9.17) is 23.8 Å². The number of rotatable bonds is 1. The van der Waals surface area contributed by atoms with Crippen molar-refractivity contribution in [1.29, 1.82) is 0 Å². The minimum Gasteiger partial charge on any atom is -0.331 e. The number of aromatic nitrogens is 2. The molecule has 1 aromatic carbocycles. The predicted octanol–water partition coefficient (Wildman–Crippen LogP) is 2.71. The van der Waals surface area contributed by atoms with Gasteiger partial charge in [-0.25, -0.2) is 8.42 Å². The molecular weight excluding hydrogens is 292 g/mol. The maximum absolute atomic E-state index is 11.6. The largest absolute Gasteiger partial charge is 0.331 e. The van der Waals surface area contributed by atoms with E-state index in [0.717, 1.165) is 11.0 Å². The number of hydrogen-bond acceptors (Lipinski definition) is 3. The summed E-state index contributed by atoms with van der Waals surface area (Å²) in [5, 5.41) is 0.587. The molecule has 3 rings (SSSR count). The van der Waals surface area contributed by atoms with Gasteiger partial charge < -0.3 is 9.55 Å². The van der Waals surface area contributed by atoms with Gasteiger partial charge in [-0.15, -0.1) is 0 Å². The fourth-order valence-electron chi connectivity index (χ4n) is 2.47. The lowest BCUT2D eigenvalue weighted by Gasteiger charge is -2.11. The van der Waals surface area contributed by atoms with E-state index in [1.165, 1.54) is 0 Å². The van der Waals surface area contributed by atoms with E-state index in [2.05, 4.69) is 4.98 Å². The number of aromatic amines is 1. The van der Waals surface area contributed by atoms with Gasteiger partial charge in [0.1, 0.15) is 0 Å². The zero-order chi connectivity index (χ0) is 12.9. The van der Waals surface area contributed by atoms with Crippen molar-refractivity contribution in [3.05, 3.63) is 28.0 Å². The average molecular weight is 303 g/mol. The molecule has 1 saturated heterocycles. The molecule has 1 aromatic heterocycles. The van der Waals surface area contributed by atoms with Gasteiger partial charge in [0.2, 0.25) is 0 Å². The molecule has 1 atom stereocenters. The second-order valence-corrected chi connectivity index (χ2v) is 7.52. The first-order valence-corrected chi connectivity index (χ1v) is 8.18. The Morgan fingerprint density at radius 1 is 1.44 bits per heavy atom. The number of imidazole rings is 1. The van der Waals surface area contributed by atoms with Gasteiger partial charge in [-0.2, -0.15) is 0 Å². The molecule has 0 amide bonds.